The highest BCUT2D eigenvalue weighted by Gasteiger charge is 2.44. The van der Waals surface area contributed by atoms with E-state index in [4.69, 9.17) is 9.47 Å². The lowest BCUT2D eigenvalue weighted by atomic mass is 9.99. The van der Waals surface area contributed by atoms with Crippen LogP contribution in [0.3, 0.4) is 0 Å². The highest BCUT2D eigenvalue weighted by Crippen LogP contribution is 2.23. The number of aliphatic hydroxyl groups excluding tert-OH is 5. The van der Waals surface area contributed by atoms with Crippen LogP contribution in [-0.2, 0) is 14.3 Å². The van der Waals surface area contributed by atoms with Crippen molar-refractivity contribution in [2.75, 3.05) is 13.2 Å². The summed E-state index contributed by atoms with van der Waals surface area (Å²) in [4.78, 5) is 13.1. The minimum Gasteiger partial charge on any atom is -0.394 e. The van der Waals surface area contributed by atoms with Gasteiger partial charge in [0, 0.05) is 6.42 Å². The molecule has 9 nitrogen and oxygen atoms in total. The Bertz CT molecular complexity index is 1400. The van der Waals surface area contributed by atoms with Gasteiger partial charge in [-0.25, -0.2) is 0 Å². The molecule has 0 saturated carbocycles. The van der Waals surface area contributed by atoms with Crippen LogP contribution >= 0.6 is 0 Å². The van der Waals surface area contributed by atoms with Crippen LogP contribution in [0, 0.1) is 0 Å². The largest absolute Gasteiger partial charge is 0.394 e. The molecule has 1 aliphatic rings. The Labute approximate surface area is 422 Å². The molecule has 0 spiro atoms. The maximum absolute atomic E-state index is 13.1. The van der Waals surface area contributed by atoms with Crippen LogP contribution < -0.4 is 5.32 Å². The second kappa shape index (κ2) is 48.7. The molecule has 0 aromatic carbocycles. The summed E-state index contributed by atoms with van der Waals surface area (Å²) < 4.78 is 11.3. The van der Waals surface area contributed by atoms with Crippen molar-refractivity contribution in [3.63, 3.8) is 0 Å². The molecule has 7 atom stereocenters. The molecule has 7 unspecified atom stereocenters. The molecule has 0 aromatic rings. The molecular formula is C60H103NO8. The molecule has 1 aliphatic heterocycles. The van der Waals surface area contributed by atoms with Crippen molar-refractivity contribution >= 4 is 5.91 Å². The van der Waals surface area contributed by atoms with Crippen LogP contribution in [0.25, 0.3) is 0 Å². The zero-order valence-electron chi connectivity index (χ0n) is 43.8. The van der Waals surface area contributed by atoms with Gasteiger partial charge in [0.15, 0.2) is 6.29 Å². The van der Waals surface area contributed by atoms with Crippen molar-refractivity contribution < 1.29 is 39.8 Å². The predicted molar refractivity (Wildman–Crippen MR) is 290 cm³/mol. The van der Waals surface area contributed by atoms with E-state index in [2.05, 4.69) is 116 Å². The van der Waals surface area contributed by atoms with Gasteiger partial charge in [-0.05, 0) is 77.0 Å². The molecule has 1 heterocycles. The van der Waals surface area contributed by atoms with Crippen LogP contribution in [-0.4, -0.2) is 87.5 Å². The first-order chi connectivity index (χ1) is 33.8. The van der Waals surface area contributed by atoms with Crippen LogP contribution in [0.4, 0.5) is 0 Å². The number of carbonyl (C=O) groups excluding carboxylic acids is 1. The van der Waals surface area contributed by atoms with Gasteiger partial charge in [-0.3, -0.25) is 4.79 Å². The molecule has 9 heteroatoms. The smallest absolute Gasteiger partial charge is 0.220 e. The van der Waals surface area contributed by atoms with Gasteiger partial charge < -0.3 is 40.3 Å². The first kappa shape index (κ1) is 64.1. The number of rotatable bonds is 46. The van der Waals surface area contributed by atoms with Crippen LogP contribution in [0.15, 0.2) is 97.2 Å². The predicted octanol–water partition coefficient (Wildman–Crippen LogP) is 13.6. The van der Waals surface area contributed by atoms with E-state index in [9.17, 15) is 30.3 Å². The molecule has 396 valence electrons. The molecule has 6 N–H and O–H groups in total. The van der Waals surface area contributed by atoms with E-state index >= 15 is 0 Å². The number of ether oxygens (including phenoxy) is 2. The second-order valence-electron chi connectivity index (χ2n) is 19.0. The Morgan fingerprint density at radius 2 is 0.899 bits per heavy atom. The Kier molecular flexibility index (Phi) is 45.3. The van der Waals surface area contributed by atoms with Gasteiger partial charge in [0.05, 0.1) is 25.4 Å². The number of carbonyl (C=O) groups is 1. The van der Waals surface area contributed by atoms with E-state index in [1.54, 1.807) is 0 Å². The van der Waals surface area contributed by atoms with Crippen molar-refractivity contribution in [2.24, 2.45) is 0 Å². The minimum atomic E-state index is -1.57. The molecule has 1 amide bonds. The molecular weight excluding hydrogens is 863 g/mol. The number of aliphatic hydroxyl groups is 5. The summed E-state index contributed by atoms with van der Waals surface area (Å²) in [5.41, 5.74) is 0. The third kappa shape index (κ3) is 38.5. The van der Waals surface area contributed by atoms with Gasteiger partial charge in [-0.2, -0.15) is 0 Å². The SMILES string of the molecule is CC/C=C\C/C=C\C/C=C\C/C=C\C/C=C\C/C=C\C/C=C\C/C=C\CCCCC(=O)NC(COC1OC(CO)C(O)C(O)C1O)C(O)CCCCCCCCCCCCCCCCCCCCC. The highest BCUT2D eigenvalue weighted by atomic mass is 16.7. The minimum absolute atomic E-state index is 0.162. The fourth-order valence-electron chi connectivity index (χ4n) is 8.29. The molecule has 0 aliphatic carbocycles. The average Bonchev–Trinajstić information content (AvgIpc) is 3.35. The number of unbranched alkanes of at least 4 members (excludes halogenated alkanes) is 20. The third-order valence-electron chi connectivity index (χ3n) is 12.7. The average molecular weight is 966 g/mol. The first-order valence-corrected chi connectivity index (χ1v) is 27.9. The lowest BCUT2D eigenvalue weighted by Crippen LogP contribution is -2.60. The van der Waals surface area contributed by atoms with E-state index in [1.807, 2.05) is 0 Å². The normalized spacial score (nSPS) is 20.2. The van der Waals surface area contributed by atoms with Crippen molar-refractivity contribution in [1.82, 2.24) is 5.32 Å². The maximum atomic E-state index is 13.1. The summed E-state index contributed by atoms with van der Waals surface area (Å²) in [5.74, 6) is -0.189. The summed E-state index contributed by atoms with van der Waals surface area (Å²) in [5, 5.41) is 54.6. The Hall–Kier alpha value is -2.89. The van der Waals surface area contributed by atoms with E-state index < -0.39 is 49.5 Å². The second-order valence-corrected chi connectivity index (χ2v) is 19.0. The summed E-state index contributed by atoms with van der Waals surface area (Å²) in [6.45, 7) is 3.70. The fourth-order valence-corrected chi connectivity index (χ4v) is 8.29. The van der Waals surface area contributed by atoms with E-state index in [0.29, 0.717) is 19.3 Å². The van der Waals surface area contributed by atoms with Crippen molar-refractivity contribution in [3.8, 4) is 0 Å². The molecule has 0 radical (unpaired) electrons. The lowest BCUT2D eigenvalue weighted by Gasteiger charge is -2.40. The molecule has 1 fully saturated rings. The number of allylic oxidation sites excluding steroid dienone is 16. The quantitative estimate of drug-likeness (QED) is 0.0261. The van der Waals surface area contributed by atoms with Crippen LogP contribution in [0.1, 0.15) is 219 Å². The van der Waals surface area contributed by atoms with E-state index in [0.717, 1.165) is 83.5 Å². The van der Waals surface area contributed by atoms with Crippen LogP contribution in [0.5, 0.6) is 0 Å². The molecule has 0 bridgehead atoms. The zero-order valence-corrected chi connectivity index (χ0v) is 43.8. The van der Waals surface area contributed by atoms with Gasteiger partial charge >= 0.3 is 0 Å². The number of hydrogen-bond acceptors (Lipinski definition) is 8. The Balaban J connectivity index is 2.29. The third-order valence-corrected chi connectivity index (χ3v) is 12.7. The van der Waals surface area contributed by atoms with Gasteiger partial charge in [0.1, 0.15) is 24.4 Å². The number of nitrogens with one attached hydrogen (secondary N) is 1. The lowest BCUT2D eigenvalue weighted by molar-refractivity contribution is -0.302. The Morgan fingerprint density at radius 1 is 0.507 bits per heavy atom. The van der Waals surface area contributed by atoms with Crippen molar-refractivity contribution in [2.45, 2.75) is 262 Å². The Morgan fingerprint density at radius 3 is 1.30 bits per heavy atom. The van der Waals surface area contributed by atoms with Crippen molar-refractivity contribution in [1.29, 1.82) is 0 Å². The highest BCUT2D eigenvalue weighted by molar-refractivity contribution is 5.76. The van der Waals surface area contributed by atoms with E-state index in [1.165, 1.54) is 103 Å². The van der Waals surface area contributed by atoms with Gasteiger partial charge in [-0.15, -0.1) is 0 Å². The standard InChI is InChI=1S/C60H103NO8/c1-3-5-7-9-11-13-15-17-19-21-23-24-25-26-27-28-29-30-32-34-36-38-40-42-44-46-48-50-56(64)61-53(52-68-60-59(67)58(66)57(65)55(51-62)69-60)54(63)49-47-45-43-41-39-37-35-33-31-22-20-18-16-14-12-10-8-6-4-2/h5,7,11,13,17,19,23-24,26-27,29-30,34,36,40,42,53-55,57-60,62-63,65-67H,3-4,6,8-10,12,14-16,18,20-22,25,28,31-33,35,37-39,41,43-52H2,1-2H3,(H,61,64)/b7-5-,13-11-,19-17-,24-23-,27-26-,30-29-,36-34-,42-40-. The number of amides is 1. The summed E-state index contributed by atoms with van der Waals surface area (Å²) in [7, 11) is 0. The van der Waals surface area contributed by atoms with Crippen molar-refractivity contribution in [3.05, 3.63) is 97.2 Å². The topological polar surface area (TPSA) is 149 Å². The fraction of sp³-hybridized carbons (Fsp3) is 0.717. The van der Waals surface area contributed by atoms with Gasteiger partial charge in [-0.1, -0.05) is 233 Å². The summed E-state index contributed by atoms with van der Waals surface area (Å²) in [6.07, 6.45) is 62.8. The molecule has 1 saturated heterocycles. The van der Waals surface area contributed by atoms with E-state index in [-0.39, 0.29) is 12.5 Å². The monoisotopic (exact) mass is 966 g/mol. The zero-order chi connectivity index (χ0) is 50.1. The summed E-state index contributed by atoms with van der Waals surface area (Å²) in [6, 6.07) is -0.750. The van der Waals surface area contributed by atoms with Crippen LogP contribution in [0.2, 0.25) is 0 Å². The van der Waals surface area contributed by atoms with Gasteiger partial charge in [0.25, 0.3) is 0 Å². The molecule has 69 heavy (non-hydrogen) atoms. The molecule has 0 aromatic heterocycles. The first-order valence-electron chi connectivity index (χ1n) is 27.9. The maximum Gasteiger partial charge on any atom is 0.220 e. The number of hydrogen-bond donors (Lipinski definition) is 6. The molecule has 1 rings (SSSR count). The van der Waals surface area contributed by atoms with Gasteiger partial charge in [0.2, 0.25) is 5.91 Å². The summed E-state index contributed by atoms with van der Waals surface area (Å²) >= 11 is 0.